The molecule has 7 heteroatoms. The van der Waals surface area contributed by atoms with E-state index >= 15 is 0 Å². The zero-order chi connectivity index (χ0) is 11.0. The molecule has 0 atom stereocenters. The second-order valence-corrected chi connectivity index (χ2v) is 3.40. The zero-order valence-electron chi connectivity index (χ0n) is 8.35. The first-order valence-electron chi connectivity index (χ1n) is 4.75. The first kappa shape index (κ1) is 8.84. The van der Waals surface area contributed by atoms with Gasteiger partial charge in [-0.25, -0.2) is 14.6 Å². The molecule has 2 N–H and O–H groups in total. The monoisotopic (exact) mass is 215 g/mol. The van der Waals surface area contributed by atoms with Crippen molar-refractivity contribution in [2.24, 2.45) is 0 Å². The van der Waals surface area contributed by atoms with E-state index in [1.807, 2.05) is 22.9 Å². The molecule has 3 rings (SSSR count). The van der Waals surface area contributed by atoms with Crippen molar-refractivity contribution in [1.82, 2.24) is 29.4 Å². The summed E-state index contributed by atoms with van der Waals surface area (Å²) in [5, 5.41) is 7.56. The summed E-state index contributed by atoms with van der Waals surface area (Å²) in [6, 6.07) is 1.85. The number of nitrogens with two attached hydrogens (primary N) is 1. The average Bonchev–Trinajstić information content (AvgIpc) is 2.84. The van der Waals surface area contributed by atoms with Crippen LogP contribution in [0.5, 0.6) is 0 Å². The second kappa shape index (κ2) is 3.30. The van der Waals surface area contributed by atoms with E-state index in [2.05, 4.69) is 20.3 Å². The van der Waals surface area contributed by atoms with Crippen LogP contribution in [0.3, 0.4) is 0 Å². The molecule has 0 amide bonds. The third kappa shape index (κ3) is 1.48. The van der Waals surface area contributed by atoms with E-state index in [1.54, 1.807) is 17.1 Å². The number of nitrogen functional groups attached to an aromatic ring is 1. The van der Waals surface area contributed by atoms with Gasteiger partial charge in [-0.1, -0.05) is 5.21 Å². The van der Waals surface area contributed by atoms with Crippen LogP contribution in [-0.2, 0) is 6.54 Å². The Morgan fingerprint density at radius 3 is 3.00 bits per heavy atom. The third-order valence-electron chi connectivity index (χ3n) is 2.17. The Balaban J connectivity index is 1.95. The van der Waals surface area contributed by atoms with Crippen molar-refractivity contribution in [2.75, 3.05) is 5.73 Å². The smallest absolute Gasteiger partial charge is 0.233 e. The molecule has 3 aromatic rings. The van der Waals surface area contributed by atoms with Gasteiger partial charge >= 0.3 is 0 Å². The Kier molecular flexibility index (Phi) is 1.82. The highest BCUT2D eigenvalue weighted by molar-refractivity contribution is 5.29. The average molecular weight is 215 g/mol. The van der Waals surface area contributed by atoms with E-state index in [0.29, 0.717) is 18.1 Å². The van der Waals surface area contributed by atoms with Crippen molar-refractivity contribution < 1.29 is 0 Å². The molecule has 0 radical (unpaired) electrons. The Morgan fingerprint density at radius 2 is 2.25 bits per heavy atom. The van der Waals surface area contributed by atoms with Crippen LogP contribution in [0.1, 0.15) is 5.69 Å². The molecule has 0 aliphatic heterocycles. The van der Waals surface area contributed by atoms with Crippen LogP contribution in [0.25, 0.3) is 5.78 Å². The van der Waals surface area contributed by atoms with Gasteiger partial charge in [0.2, 0.25) is 5.78 Å². The number of anilines is 1. The van der Waals surface area contributed by atoms with Gasteiger partial charge in [-0.15, -0.1) is 5.10 Å². The van der Waals surface area contributed by atoms with Crippen LogP contribution in [-0.4, -0.2) is 29.4 Å². The van der Waals surface area contributed by atoms with E-state index in [4.69, 9.17) is 5.73 Å². The summed E-state index contributed by atoms with van der Waals surface area (Å²) in [6.45, 7) is 0.535. The summed E-state index contributed by atoms with van der Waals surface area (Å²) in [7, 11) is 0. The fraction of sp³-hybridized carbons (Fsp3) is 0.111. The molecule has 0 bridgehead atoms. The SMILES string of the molecule is Nc1cn(Cc2cn3cccnc3n2)nn1. The van der Waals surface area contributed by atoms with E-state index in [9.17, 15) is 0 Å². The standard InChI is InChI=1S/C9H9N7/c10-8-6-16(14-13-8)5-7-4-15-3-1-2-11-9(15)12-7/h1-4,6H,5,10H2. The molecule has 3 heterocycles. The maximum Gasteiger partial charge on any atom is 0.233 e. The lowest BCUT2D eigenvalue weighted by molar-refractivity contribution is 0.641. The van der Waals surface area contributed by atoms with Gasteiger partial charge in [0.15, 0.2) is 5.82 Å². The normalized spacial score (nSPS) is 11.0. The minimum absolute atomic E-state index is 0.405. The van der Waals surface area contributed by atoms with Crippen molar-refractivity contribution in [2.45, 2.75) is 6.54 Å². The molecular weight excluding hydrogens is 206 g/mol. The maximum absolute atomic E-state index is 5.47. The molecule has 0 fully saturated rings. The number of hydrogen-bond donors (Lipinski definition) is 1. The Morgan fingerprint density at radius 1 is 1.31 bits per heavy atom. The topological polar surface area (TPSA) is 86.9 Å². The van der Waals surface area contributed by atoms with Gasteiger partial charge in [0.25, 0.3) is 0 Å². The molecule has 0 aliphatic rings. The summed E-state index contributed by atoms with van der Waals surface area (Å²) in [6.07, 6.45) is 7.17. The molecule has 3 aromatic heterocycles. The van der Waals surface area contributed by atoms with Crippen molar-refractivity contribution in [3.63, 3.8) is 0 Å². The number of aromatic nitrogens is 6. The first-order valence-corrected chi connectivity index (χ1v) is 4.75. The molecule has 0 spiro atoms. The summed E-state index contributed by atoms with van der Waals surface area (Å²) in [4.78, 5) is 8.47. The molecule has 0 saturated heterocycles. The highest BCUT2D eigenvalue weighted by atomic mass is 15.4. The Bertz CT molecular complexity index is 590. The van der Waals surface area contributed by atoms with Crippen LogP contribution < -0.4 is 5.73 Å². The summed E-state index contributed by atoms with van der Waals surface area (Å²) < 4.78 is 3.49. The molecular formula is C9H9N7. The van der Waals surface area contributed by atoms with Gasteiger partial charge in [-0.05, 0) is 6.07 Å². The number of fused-ring (bicyclic) bond motifs is 1. The van der Waals surface area contributed by atoms with E-state index in [0.717, 1.165) is 5.69 Å². The fourth-order valence-corrected chi connectivity index (χ4v) is 1.51. The first-order chi connectivity index (χ1) is 7.81. The lowest BCUT2D eigenvalue weighted by Crippen LogP contribution is -2.00. The van der Waals surface area contributed by atoms with Gasteiger partial charge in [0.05, 0.1) is 18.4 Å². The Hall–Kier alpha value is -2.44. The summed E-state index contributed by atoms with van der Waals surface area (Å²) >= 11 is 0. The van der Waals surface area contributed by atoms with E-state index in [1.165, 1.54) is 0 Å². The molecule has 0 unspecified atom stereocenters. The summed E-state index contributed by atoms with van der Waals surface area (Å²) in [5.74, 6) is 1.08. The van der Waals surface area contributed by atoms with Gasteiger partial charge in [0.1, 0.15) is 0 Å². The van der Waals surface area contributed by atoms with Gasteiger partial charge in [-0.3, -0.25) is 4.40 Å². The number of nitrogens with zero attached hydrogens (tertiary/aromatic N) is 6. The van der Waals surface area contributed by atoms with Crippen molar-refractivity contribution >= 4 is 11.6 Å². The Labute approximate surface area is 90.5 Å². The van der Waals surface area contributed by atoms with Crippen molar-refractivity contribution in [1.29, 1.82) is 0 Å². The van der Waals surface area contributed by atoms with E-state index < -0.39 is 0 Å². The summed E-state index contributed by atoms with van der Waals surface area (Å²) in [5.41, 5.74) is 6.34. The molecule has 16 heavy (non-hydrogen) atoms. The van der Waals surface area contributed by atoms with Crippen LogP contribution in [0.15, 0.2) is 30.9 Å². The highest BCUT2D eigenvalue weighted by Crippen LogP contribution is 2.04. The number of rotatable bonds is 2. The molecule has 7 nitrogen and oxygen atoms in total. The predicted molar refractivity (Wildman–Crippen MR) is 56.5 cm³/mol. The molecule has 0 saturated carbocycles. The van der Waals surface area contributed by atoms with Gasteiger partial charge < -0.3 is 5.73 Å². The maximum atomic E-state index is 5.47. The molecule has 0 aliphatic carbocycles. The van der Waals surface area contributed by atoms with Gasteiger partial charge in [0, 0.05) is 18.6 Å². The van der Waals surface area contributed by atoms with Crippen LogP contribution >= 0.6 is 0 Å². The minimum Gasteiger partial charge on any atom is -0.381 e. The molecule has 0 aromatic carbocycles. The van der Waals surface area contributed by atoms with Gasteiger partial charge in [-0.2, -0.15) is 0 Å². The second-order valence-electron chi connectivity index (χ2n) is 3.40. The number of hydrogen-bond acceptors (Lipinski definition) is 5. The van der Waals surface area contributed by atoms with Crippen molar-refractivity contribution in [3.8, 4) is 0 Å². The molecule has 80 valence electrons. The minimum atomic E-state index is 0.405. The largest absolute Gasteiger partial charge is 0.381 e. The lowest BCUT2D eigenvalue weighted by Gasteiger charge is -1.93. The third-order valence-corrected chi connectivity index (χ3v) is 2.17. The van der Waals surface area contributed by atoms with Crippen LogP contribution in [0, 0.1) is 0 Å². The zero-order valence-corrected chi connectivity index (χ0v) is 8.35. The van der Waals surface area contributed by atoms with Crippen LogP contribution in [0.2, 0.25) is 0 Å². The van der Waals surface area contributed by atoms with E-state index in [-0.39, 0.29) is 0 Å². The predicted octanol–water partition coefficient (Wildman–Crippen LogP) is -0.0487. The highest BCUT2D eigenvalue weighted by Gasteiger charge is 2.03. The quantitative estimate of drug-likeness (QED) is 0.647. The van der Waals surface area contributed by atoms with Crippen molar-refractivity contribution in [3.05, 3.63) is 36.5 Å². The lowest BCUT2D eigenvalue weighted by atomic mass is 10.5. The van der Waals surface area contributed by atoms with Crippen LogP contribution in [0.4, 0.5) is 5.82 Å². The number of imidazole rings is 1. The fourth-order valence-electron chi connectivity index (χ4n) is 1.51.